The van der Waals surface area contributed by atoms with Crippen LogP contribution in [0.1, 0.15) is 17.5 Å². The molecule has 2 aromatic rings. The van der Waals surface area contributed by atoms with E-state index in [4.69, 9.17) is 28.9 Å². The van der Waals surface area contributed by atoms with Gasteiger partial charge in [-0.15, -0.1) is 0 Å². The maximum absolute atomic E-state index is 13.1. The summed E-state index contributed by atoms with van der Waals surface area (Å²) in [5.74, 6) is -0.178. The molecule has 2 aliphatic rings. The van der Waals surface area contributed by atoms with Gasteiger partial charge in [-0.25, -0.2) is 0 Å². The van der Waals surface area contributed by atoms with Crippen LogP contribution in [0.3, 0.4) is 0 Å². The molecule has 4 rings (SSSR count). The van der Waals surface area contributed by atoms with Gasteiger partial charge >= 0.3 is 0 Å². The zero-order valence-corrected chi connectivity index (χ0v) is 15.5. The minimum atomic E-state index is -0.817. The number of nitrogens with zero attached hydrogens (tertiary/aromatic N) is 1. The standard InChI is InChI=1S/C20H18Cl2N2O2/c21-14-6-13(7-15(22)8-14)17-18(25)20(9-12-4-2-1-3-5-12)10-16(23)11-24(20)19(17)26/h1-8,16,25H,9-11,23H2/t16-,20-/m0/s1. The molecular weight excluding hydrogens is 371 g/mol. The second-order valence-corrected chi connectivity index (χ2v) is 7.83. The Balaban J connectivity index is 1.85. The summed E-state index contributed by atoms with van der Waals surface area (Å²) >= 11 is 12.2. The molecule has 0 bridgehead atoms. The summed E-state index contributed by atoms with van der Waals surface area (Å²) in [6, 6.07) is 14.5. The Morgan fingerprint density at radius 1 is 1.15 bits per heavy atom. The Labute approximate surface area is 161 Å². The molecule has 26 heavy (non-hydrogen) atoms. The molecule has 0 aliphatic carbocycles. The van der Waals surface area contributed by atoms with E-state index >= 15 is 0 Å². The van der Waals surface area contributed by atoms with Gasteiger partial charge in [0.15, 0.2) is 0 Å². The number of aliphatic hydroxyl groups is 1. The van der Waals surface area contributed by atoms with E-state index in [2.05, 4.69) is 0 Å². The Hall–Kier alpha value is -2.01. The van der Waals surface area contributed by atoms with Crippen LogP contribution in [0.2, 0.25) is 10.0 Å². The van der Waals surface area contributed by atoms with Crippen molar-refractivity contribution in [1.29, 1.82) is 0 Å². The number of hydrogen-bond donors (Lipinski definition) is 2. The van der Waals surface area contributed by atoms with Crippen molar-refractivity contribution in [3.63, 3.8) is 0 Å². The number of benzene rings is 2. The molecule has 2 atom stereocenters. The lowest BCUT2D eigenvalue weighted by Gasteiger charge is -2.32. The number of nitrogens with two attached hydrogens (primary N) is 1. The fourth-order valence-electron chi connectivity index (χ4n) is 4.13. The number of carbonyl (C=O) groups is 1. The molecule has 0 saturated carbocycles. The molecule has 6 heteroatoms. The minimum absolute atomic E-state index is 0.0534. The Bertz CT molecular complexity index is 893. The Morgan fingerprint density at radius 2 is 1.81 bits per heavy atom. The van der Waals surface area contributed by atoms with E-state index in [1.807, 2.05) is 30.3 Å². The predicted octanol–water partition coefficient (Wildman–Crippen LogP) is 3.82. The van der Waals surface area contributed by atoms with Gasteiger partial charge in [-0.3, -0.25) is 4.79 Å². The van der Waals surface area contributed by atoms with Crippen LogP contribution in [0.15, 0.2) is 54.3 Å². The molecule has 2 aliphatic heterocycles. The van der Waals surface area contributed by atoms with Gasteiger partial charge in [0.1, 0.15) is 11.3 Å². The van der Waals surface area contributed by atoms with E-state index in [1.165, 1.54) is 0 Å². The van der Waals surface area contributed by atoms with Crippen molar-refractivity contribution in [3.05, 3.63) is 75.5 Å². The van der Waals surface area contributed by atoms with Crippen molar-refractivity contribution >= 4 is 34.7 Å². The Morgan fingerprint density at radius 3 is 2.46 bits per heavy atom. The predicted molar refractivity (Wildman–Crippen MR) is 103 cm³/mol. The lowest BCUT2D eigenvalue weighted by Crippen LogP contribution is -2.45. The van der Waals surface area contributed by atoms with Gasteiger partial charge in [0.25, 0.3) is 5.91 Å². The highest BCUT2D eigenvalue weighted by atomic mass is 35.5. The van der Waals surface area contributed by atoms with Crippen LogP contribution in [0.5, 0.6) is 0 Å². The number of aliphatic hydroxyl groups excluding tert-OH is 1. The molecule has 0 unspecified atom stereocenters. The van der Waals surface area contributed by atoms with Crippen molar-refractivity contribution in [2.75, 3.05) is 6.54 Å². The van der Waals surface area contributed by atoms with E-state index < -0.39 is 5.54 Å². The van der Waals surface area contributed by atoms with Gasteiger partial charge < -0.3 is 15.7 Å². The molecule has 0 aromatic heterocycles. The molecule has 2 aromatic carbocycles. The number of rotatable bonds is 3. The van der Waals surface area contributed by atoms with Gasteiger partial charge in [0, 0.05) is 29.1 Å². The molecule has 1 amide bonds. The highest BCUT2D eigenvalue weighted by molar-refractivity contribution is 6.35. The summed E-state index contributed by atoms with van der Waals surface area (Å²) < 4.78 is 0. The lowest BCUT2D eigenvalue weighted by atomic mass is 9.85. The maximum Gasteiger partial charge on any atom is 0.258 e. The molecule has 0 radical (unpaired) electrons. The number of halogens is 2. The van der Waals surface area contributed by atoms with Crippen molar-refractivity contribution < 1.29 is 9.90 Å². The van der Waals surface area contributed by atoms with E-state index in [0.717, 1.165) is 5.56 Å². The average Bonchev–Trinajstić information content (AvgIpc) is 3.00. The van der Waals surface area contributed by atoms with Crippen LogP contribution in [-0.2, 0) is 11.2 Å². The first-order chi connectivity index (χ1) is 12.4. The number of fused-ring (bicyclic) bond motifs is 1. The fraction of sp³-hybridized carbons (Fsp3) is 0.250. The molecule has 0 spiro atoms. The van der Waals surface area contributed by atoms with Crippen LogP contribution >= 0.6 is 23.2 Å². The third kappa shape index (κ3) is 2.69. The third-order valence-corrected chi connectivity index (χ3v) is 5.60. The summed E-state index contributed by atoms with van der Waals surface area (Å²) in [5.41, 5.74) is 7.16. The molecule has 1 fully saturated rings. The van der Waals surface area contributed by atoms with E-state index in [1.54, 1.807) is 23.1 Å². The van der Waals surface area contributed by atoms with Crippen molar-refractivity contribution in [2.45, 2.75) is 24.4 Å². The minimum Gasteiger partial charge on any atom is -0.509 e. The van der Waals surface area contributed by atoms with Crippen LogP contribution in [0.25, 0.3) is 5.57 Å². The van der Waals surface area contributed by atoms with E-state index in [0.29, 0.717) is 35.0 Å². The zero-order chi connectivity index (χ0) is 18.5. The summed E-state index contributed by atoms with van der Waals surface area (Å²) in [6.07, 6.45) is 1.02. The number of carbonyl (C=O) groups excluding carboxylic acids is 1. The SMILES string of the molecule is N[C@@H]1CN2C(=O)C(c3cc(Cl)cc(Cl)c3)=C(O)[C@]2(Cc2ccccc2)C1. The molecule has 1 saturated heterocycles. The van der Waals surface area contributed by atoms with E-state index in [9.17, 15) is 9.90 Å². The van der Waals surface area contributed by atoms with Crippen molar-refractivity contribution in [3.8, 4) is 0 Å². The summed E-state index contributed by atoms with van der Waals surface area (Å²) in [6.45, 7) is 0.410. The van der Waals surface area contributed by atoms with Crippen molar-refractivity contribution in [1.82, 2.24) is 4.90 Å². The summed E-state index contributed by atoms with van der Waals surface area (Å²) in [4.78, 5) is 14.8. The smallest absolute Gasteiger partial charge is 0.258 e. The quantitative estimate of drug-likeness (QED) is 0.839. The van der Waals surface area contributed by atoms with Crippen LogP contribution < -0.4 is 5.73 Å². The van der Waals surface area contributed by atoms with Crippen molar-refractivity contribution in [2.24, 2.45) is 5.73 Å². The molecule has 134 valence electrons. The maximum atomic E-state index is 13.1. The fourth-order valence-corrected chi connectivity index (χ4v) is 4.66. The third-order valence-electron chi connectivity index (χ3n) is 5.16. The topological polar surface area (TPSA) is 66.6 Å². The van der Waals surface area contributed by atoms with Crippen LogP contribution in [0, 0.1) is 0 Å². The van der Waals surface area contributed by atoms with Gasteiger partial charge in [-0.1, -0.05) is 53.5 Å². The highest BCUT2D eigenvalue weighted by Gasteiger charge is 2.56. The average molecular weight is 389 g/mol. The first-order valence-electron chi connectivity index (χ1n) is 8.42. The monoisotopic (exact) mass is 388 g/mol. The largest absolute Gasteiger partial charge is 0.509 e. The number of amides is 1. The molecule has 3 N–H and O–H groups in total. The first-order valence-corrected chi connectivity index (χ1v) is 9.18. The van der Waals surface area contributed by atoms with Gasteiger partial charge in [-0.05, 0) is 35.7 Å². The first kappa shape index (κ1) is 17.4. The molecule has 2 heterocycles. The highest BCUT2D eigenvalue weighted by Crippen LogP contribution is 2.47. The van der Waals surface area contributed by atoms with Gasteiger partial charge in [0.05, 0.1) is 5.57 Å². The van der Waals surface area contributed by atoms with Crippen LogP contribution in [0.4, 0.5) is 0 Å². The van der Waals surface area contributed by atoms with Gasteiger partial charge in [0.2, 0.25) is 0 Å². The molecule has 4 nitrogen and oxygen atoms in total. The Kier molecular flexibility index (Phi) is 4.22. The summed E-state index contributed by atoms with van der Waals surface area (Å²) in [5, 5.41) is 12.0. The second kappa shape index (κ2) is 6.31. The molecular formula is C20H18Cl2N2O2. The summed E-state index contributed by atoms with van der Waals surface area (Å²) in [7, 11) is 0. The normalized spacial score (nSPS) is 25.1. The van der Waals surface area contributed by atoms with Gasteiger partial charge in [-0.2, -0.15) is 0 Å². The zero-order valence-electron chi connectivity index (χ0n) is 14.0. The lowest BCUT2D eigenvalue weighted by molar-refractivity contribution is -0.126. The van der Waals surface area contributed by atoms with Crippen LogP contribution in [-0.4, -0.2) is 34.0 Å². The second-order valence-electron chi connectivity index (χ2n) is 6.96. The van der Waals surface area contributed by atoms with E-state index in [-0.39, 0.29) is 23.3 Å². The number of hydrogen-bond acceptors (Lipinski definition) is 3.